The van der Waals surface area contributed by atoms with Gasteiger partial charge in [-0.25, -0.2) is 0 Å². The van der Waals surface area contributed by atoms with E-state index >= 15 is 0 Å². The minimum atomic E-state index is -0.339. The van der Waals surface area contributed by atoms with Gasteiger partial charge in [-0.3, -0.25) is 14.5 Å². The van der Waals surface area contributed by atoms with Crippen molar-refractivity contribution in [3.8, 4) is 0 Å². The number of hydrogen-bond acceptors (Lipinski definition) is 3. The zero-order chi connectivity index (χ0) is 14.9. The average molecular weight is 292 g/mol. The van der Waals surface area contributed by atoms with Gasteiger partial charge in [-0.15, -0.1) is 0 Å². The minimum absolute atomic E-state index is 0.0785. The first-order valence-electron chi connectivity index (χ1n) is 8.71. The Hall–Kier alpha value is -0.900. The maximum Gasteiger partial charge on any atom is 0.236 e. The second kappa shape index (κ2) is 6.07. The Morgan fingerprint density at radius 1 is 1.10 bits per heavy atom. The molecule has 2 saturated heterocycles. The second-order valence-corrected chi connectivity index (χ2v) is 7.27. The smallest absolute Gasteiger partial charge is 0.236 e. The fourth-order valence-electron chi connectivity index (χ4n) is 4.56. The predicted molar refractivity (Wildman–Crippen MR) is 81.7 cm³/mol. The van der Waals surface area contributed by atoms with E-state index in [0.717, 1.165) is 51.6 Å². The van der Waals surface area contributed by atoms with Crippen LogP contribution in [0.2, 0.25) is 0 Å². The second-order valence-electron chi connectivity index (χ2n) is 7.27. The fourth-order valence-corrected chi connectivity index (χ4v) is 4.56. The highest BCUT2D eigenvalue weighted by Gasteiger charge is 2.52. The molecule has 21 heavy (non-hydrogen) atoms. The van der Waals surface area contributed by atoms with Crippen LogP contribution in [0, 0.1) is 11.3 Å². The van der Waals surface area contributed by atoms with E-state index < -0.39 is 0 Å². The number of carbonyl (C=O) groups is 2. The largest absolute Gasteiger partial charge is 0.317 e. The highest BCUT2D eigenvalue weighted by atomic mass is 16.2. The molecular weight excluding hydrogens is 264 g/mol. The fraction of sp³-hybridized carbons (Fsp3) is 0.882. The molecule has 1 unspecified atom stereocenters. The molecular formula is C17H28N2O2. The Morgan fingerprint density at radius 2 is 1.71 bits per heavy atom. The Balaban J connectivity index is 1.76. The van der Waals surface area contributed by atoms with Crippen LogP contribution in [0.4, 0.5) is 0 Å². The molecule has 1 spiro atoms. The van der Waals surface area contributed by atoms with E-state index in [-0.39, 0.29) is 23.3 Å². The molecule has 1 aliphatic carbocycles. The van der Waals surface area contributed by atoms with Crippen LogP contribution >= 0.6 is 0 Å². The van der Waals surface area contributed by atoms with Crippen molar-refractivity contribution in [2.24, 2.45) is 11.3 Å². The quantitative estimate of drug-likeness (QED) is 0.795. The molecule has 2 aliphatic heterocycles. The molecule has 3 fully saturated rings. The molecule has 0 aromatic heterocycles. The van der Waals surface area contributed by atoms with Crippen molar-refractivity contribution in [3.05, 3.63) is 0 Å². The third-order valence-electron chi connectivity index (χ3n) is 5.96. The zero-order valence-corrected chi connectivity index (χ0v) is 13.2. The minimum Gasteiger partial charge on any atom is -0.317 e. The molecule has 0 aromatic carbocycles. The van der Waals surface area contributed by atoms with Crippen LogP contribution in [0.25, 0.3) is 0 Å². The van der Waals surface area contributed by atoms with Crippen LogP contribution in [-0.4, -0.2) is 35.8 Å². The maximum atomic E-state index is 13.0. The molecule has 0 bridgehead atoms. The SMILES string of the molecule is CC(C1CCNCC1)N1C(=O)CC2(CCCCCC2)C1=O. The van der Waals surface area contributed by atoms with Crippen molar-refractivity contribution in [1.82, 2.24) is 10.2 Å². The highest BCUT2D eigenvalue weighted by molar-refractivity contribution is 6.06. The molecule has 2 heterocycles. The summed E-state index contributed by atoms with van der Waals surface area (Å²) in [6, 6.07) is 0.0785. The highest BCUT2D eigenvalue weighted by Crippen LogP contribution is 2.45. The number of likely N-dealkylation sites (tertiary alicyclic amines) is 1. The predicted octanol–water partition coefficient (Wildman–Crippen LogP) is 2.47. The van der Waals surface area contributed by atoms with Gasteiger partial charge in [-0.2, -0.15) is 0 Å². The average Bonchev–Trinajstić information content (AvgIpc) is 2.67. The lowest BCUT2D eigenvalue weighted by Crippen LogP contribution is -2.47. The van der Waals surface area contributed by atoms with Crippen molar-refractivity contribution in [3.63, 3.8) is 0 Å². The number of amides is 2. The molecule has 4 heteroatoms. The Bertz CT molecular complexity index is 407. The molecule has 3 rings (SSSR count). The van der Waals surface area contributed by atoms with E-state index in [1.54, 1.807) is 4.90 Å². The summed E-state index contributed by atoms with van der Waals surface area (Å²) in [6.45, 7) is 4.11. The van der Waals surface area contributed by atoms with Gasteiger partial charge in [0.1, 0.15) is 0 Å². The van der Waals surface area contributed by atoms with E-state index in [2.05, 4.69) is 12.2 Å². The van der Waals surface area contributed by atoms with Crippen LogP contribution in [0.15, 0.2) is 0 Å². The third kappa shape index (κ3) is 2.75. The number of imide groups is 1. The summed E-state index contributed by atoms with van der Waals surface area (Å²) >= 11 is 0. The van der Waals surface area contributed by atoms with Gasteiger partial charge in [0, 0.05) is 12.5 Å². The summed E-state index contributed by atoms with van der Waals surface area (Å²) in [4.78, 5) is 27.2. The third-order valence-corrected chi connectivity index (χ3v) is 5.96. The topological polar surface area (TPSA) is 49.4 Å². The number of carbonyl (C=O) groups excluding carboxylic acids is 2. The van der Waals surface area contributed by atoms with Crippen LogP contribution in [0.1, 0.15) is 64.7 Å². The number of nitrogens with one attached hydrogen (secondary N) is 1. The molecule has 4 nitrogen and oxygen atoms in total. The molecule has 1 N–H and O–H groups in total. The van der Waals surface area contributed by atoms with Gasteiger partial charge in [-0.1, -0.05) is 25.7 Å². The number of hydrogen-bond donors (Lipinski definition) is 1. The lowest BCUT2D eigenvalue weighted by Gasteiger charge is -2.34. The van der Waals surface area contributed by atoms with Gasteiger partial charge < -0.3 is 5.32 Å². The molecule has 0 radical (unpaired) electrons. The molecule has 1 saturated carbocycles. The van der Waals surface area contributed by atoms with E-state index in [1.165, 1.54) is 12.8 Å². The van der Waals surface area contributed by atoms with Crippen molar-refractivity contribution < 1.29 is 9.59 Å². The number of piperidine rings is 1. The van der Waals surface area contributed by atoms with Crippen molar-refractivity contribution >= 4 is 11.8 Å². The first-order valence-corrected chi connectivity index (χ1v) is 8.71. The summed E-state index contributed by atoms with van der Waals surface area (Å²) in [6.07, 6.45) is 9.11. The maximum absolute atomic E-state index is 13.0. The number of rotatable bonds is 2. The monoisotopic (exact) mass is 292 g/mol. The molecule has 0 aromatic rings. The van der Waals surface area contributed by atoms with Crippen LogP contribution < -0.4 is 5.32 Å². The lowest BCUT2D eigenvalue weighted by molar-refractivity contribution is -0.145. The molecule has 118 valence electrons. The normalized spacial score (nSPS) is 28.9. The van der Waals surface area contributed by atoms with E-state index in [4.69, 9.17) is 0 Å². The Kier molecular flexibility index (Phi) is 4.34. The first-order chi connectivity index (χ1) is 10.1. The van der Waals surface area contributed by atoms with Gasteiger partial charge in [0.15, 0.2) is 0 Å². The summed E-state index contributed by atoms with van der Waals surface area (Å²) in [5.74, 6) is 0.716. The lowest BCUT2D eigenvalue weighted by atomic mass is 9.79. The van der Waals surface area contributed by atoms with Crippen LogP contribution in [0.3, 0.4) is 0 Å². The Labute approximate surface area is 127 Å². The van der Waals surface area contributed by atoms with Gasteiger partial charge in [0.2, 0.25) is 11.8 Å². The molecule has 2 amide bonds. The van der Waals surface area contributed by atoms with Crippen molar-refractivity contribution in [2.45, 2.75) is 70.8 Å². The molecule has 1 atom stereocenters. The van der Waals surface area contributed by atoms with E-state index in [9.17, 15) is 9.59 Å². The zero-order valence-electron chi connectivity index (χ0n) is 13.2. The summed E-state index contributed by atoms with van der Waals surface area (Å²) in [5, 5.41) is 3.36. The summed E-state index contributed by atoms with van der Waals surface area (Å²) in [7, 11) is 0. The molecule has 3 aliphatic rings. The van der Waals surface area contributed by atoms with Gasteiger partial charge in [0.05, 0.1) is 5.41 Å². The van der Waals surface area contributed by atoms with Crippen molar-refractivity contribution in [2.75, 3.05) is 13.1 Å². The van der Waals surface area contributed by atoms with Crippen LogP contribution in [0.5, 0.6) is 0 Å². The van der Waals surface area contributed by atoms with Crippen molar-refractivity contribution in [1.29, 1.82) is 0 Å². The van der Waals surface area contributed by atoms with Gasteiger partial charge in [-0.05, 0) is 51.6 Å². The first kappa shape index (κ1) is 15.0. The van der Waals surface area contributed by atoms with Crippen LogP contribution in [-0.2, 0) is 9.59 Å². The Morgan fingerprint density at radius 3 is 2.33 bits per heavy atom. The number of nitrogens with zero attached hydrogens (tertiary/aromatic N) is 1. The standard InChI is InChI=1S/C17H28N2O2/c1-13(14-6-10-18-11-7-14)19-15(20)12-17(16(19)21)8-4-2-3-5-9-17/h13-14,18H,2-12H2,1H3. The van der Waals surface area contributed by atoms with Gasteiger partial charge in [0.25, 0.3) is 0 Å². The summed E-state index contributed by atoms with van der Waals surface area (Å²) in [5.41, 5.74) is -0.339. The van der Waals surface area contributed by atoms with Gasteiger partial charge >= 0.3 is 0 Å². The van der Waals surface area contributed by atoms with E-state index in [0.29, 0.717) is 12.3 Å². The van der Waals surface area contributed by atoms with E-state index in [1.807, 2.05) is 0 Å². The summed E-state index contributed by atoms with van der Waals surface area (Å²) < 4.78 is 0.